The highest BCUT2D eigenvalue weighted by molar-refractivity contribution is 7.85. The fourth-order valence-corrected chi connectivity index (χ4v) is 0.996. The third-order valence-corrected chi connectivity index (χ3v) is 1.65. The van der Waals surface area contributed by atoms with Gasteiger partial charge in [-0.05, 0) is 11.4 Å². The molecule has 5 nitrogen and oxygen atoms in total. The van der Waals surface area contributed by atoms with Gasteiger partial charge in [0.15, 0.2) is 0 Å². The van der Waals surface area contributed by atoms with Crippen molar-refractivity contribution in [3.8, 4) is 0 Å². The number of nitrogens with two attached hydrogens (primary N) is 1. The van der Waals surface area contributed by atoms with E-state index in [0.29, 0.717) is 11.1 Å². The van der Waals surface area contributed by atoms with Crippen LogP contribution in [0.4, 0.5) is 0 Å². The maximum Gasteiger partial charge on any atom is 0.261 e. The fourth-order valence-electron chi connectivity index (χ4n) is 0.419. The van der Waals surface area contributed by atoms with Crippen molar-refractivity contribution in [2.75, 3.05) is 6.26 Å². The largest absolute Gasteiger partial charge is 0.365 e. The van der Waals surface area contributed by atoms with Crippen LogP contribution < -0.4 is 5.73 Å². The maximum atomic E-state index is 10.3. The Morgan fingerprint density at radius 2 is 2.08 bits per heavy atom. The Morgan fingerprint density at radius 3 is 2.23 bits per heavy atom. The first-order valence-corrected chi connectivity index (χ1v) is 5.79. The van der Waals surface area contributed by atoms with Crippen LogP contribution >= 0.6 is 11.3 Å². The smallest absolute Gasteiger partial charge is 0.261 e. The number of carbonyl (C=O) groups is 1. The summed E-state index contributed by atoms with van der Waals surface area (Å²) < 4.78 is 25.9. The quantitative estimate of drug-likeness (QED) is 0.671. The lowest BCUT2D eigenvalue weighted by molar-refractivity contribution is 0.100. The third-order valence-electron chi connectivity index (χ3n) is 0.764. The van der Waals surface area contributed by atoms with Gasteiger partial charge in [-0.3, -0.25) is 9.35 Å². The second kappa shape index (κ2) is 4.95. The van der Waals surface area contributed by atoms with Gasteiger partial charge in [0.05, 0.1) is 11.1 Å². The van der Waals surface area contributed by atoms with E-state index >= 15 is 0 Å². The summed E-state index contributed by atoms with van der Waals surface area (Å²) in [6.45, 7) is 0. The van der Waals surface area contributed by atoms with Gasteiger partial charge in [-0.1, -0.05) is 6.07 Å². The van der Waals surface area contributed by atoms with Crippen molar-refractivity contribution in [3.63, 3.8) is 0 Å². The second-order valence-electron chi connectivity index (χ2n) is 2.07. The monoisotopic (exact) mass is 223 g/mol. The highest BCUT2D eigenvalue weighted by Gasteiger charge is 1.96. The van der Waals surface area contributed by atoms with Crippen molar-refractivity contribution in [1.29, 1.82) is 0 Å². The SMILES string of the molecule is CS(=O)(=O)O.NC(=O)c1cccs1. The number of amides is 1. The van der Waals surface area contributed by atoms with Gasteiger partial charge in [-0.25, -0.2) is 0 Å². The average molecular weight is 223 g/mol. The Labute approximate surface area is 79.9 Å². The van der Waals surface area contributed by atoms with E-state index in [-0.39, 0.29) is 5.91 Å². The standard InChI is InChI=1S/C5H5NOS.CH4O3S/c6-5(7)4-2-1-3-8-4;1-5(2,3)4/h1-3H,(H2,6,7);1H3,(H,2,3,4). The van der Waals surface area contributed by atoms with Gasteiger partial charge in [0.1, 0.15) is 0 Å². The normalized spacial score (nSPS) is 10.0. The number of hydrogen-bond donors (Lipinski definition) is 2. The number of carbonyl (C=O) groups excluding carboxylic acids is 1. The van der Waals surface area contributed by atoms with E-state index in [9.17, 15) is 13.2 Å². The van der Waals surface area contributed by atoms with Crippen LogP contribution in [0, 0.1) is 0 Å². The molecule has 0 atom stereocenters. The minimum atomic E-state index is -3.67. The first-order chi connectivity index (χ1) is 5.80. The minimum absolute atomic E-state index is 0.347. The van der Waals surface area contributed by atoms with Crippen molar-refractivity contribution < 1.29 is 17.8 Å². The summed E-state index contributed by atoms with van der Waals surface area (Å²) in [5.74, 6) is -0.347. The Balaban J connectivity index is 0.000000252. The molecule has 7 heteroatoms. The molecule has 1 amide bonds. The van der Waals surface area contributed by atoms with Gasteiger partial charge in [0.2, 0.25) is 0 Å². The Hall–Kier alpha value is -0.920. The first kappa shape index (κ1) is 12.1. The molecule has 0 radical (unpaired) electrons. The van der Waals surface area contributed by atoms with Crippen LogP contribution in [0.25, 0.3) is 0 Å². The summed E-state index contributed by atoms with van der Waals surface area (Å²) in [7, 11) is -3.67. The molecule has 1 rings (SSSR count). The minimum Gasteiger partial charge on any atom is -0.365 e. The van der Waals surface area contributed by atoms with Crippen LogP contribution in [-0.2, 0) is 10.1 Å². The van der Waals surface area contributed by atoms with Crippen LogP contribution in [0.2, 0.25) is 0 Å². The zero-order valence-electron chi connectivity index (χ0n) is 6.80. The molecule has 13 heavy (non-hydrogen) atoms. The lowest BCUT2D eigenvalue weighted by Crippen LogP contribution is -2.07. The Bertz CT molecular complexity index is 346. The molecule has 1 aromatic heterocycles. The molecular weight excluding hydrogens is 214 g/mol. The summed E-state index contributed by atoms with van der Waals surface area (Å²) in [6.07, 6.45) is 0.715. The molecule has 0 aliphatic carbocycles. The molecule has 0 spiro atoms. The third kappa shape index (κ3) is 8.99. The van der Waals surface area contributed by atoms with Gasteiger partial charge >= 0.3 is 0 Å². The molecule has 0 unspecified atom stereocenters. The number of thiophene rings is 1. The van der Waals surface area contributed by atoms with Crippen molar-refractivity contribution in [3.05, 3.63) is 22.4 Å². The van der Waals surface area contributed by atoms with E-state index in [0.717, 1.165) is 0 Å². The van der Waals surface area contributed by atoms with Gasteiger partial charge < -0.3 is 5.73 Å². The maximum absolute atomic E-state index is 10.3. The number of rotatable bonds is 1. The Morgan fingerprint density at radius 1 is 1.62 bits per heavy atom. The molecule has 0 fully saturated rings. The number of primary amides is 1. The fraction of sp³-hybridized carbons (Fsp3) is 0.167. The van der Waals surface area contributed by atoms with Gasteiger partial charge in [-0.2, -0.15) is 8.42 Å². The lowest BCUT2D eigenvalue weighted by Gasteiger charge is -1.80. The number of hydrogen-bond acceptors (Lipinski definition) is 4. The van der Waals surface area contributed by atoms with Crippen molar-refractivity contribution in [2.24, 2.45) is 5.73 Å². The summed E-state index contributed by atoms with van der Waals surface area (Å²) >= 11 is 1.36. The average Bonchev–Trinajstić information content (AvgIpc) is 2.31. The zero-order chi connectivity index (χ0) is 10.5. The molecule has 0 saturated heterocycles. The van der Waals surface area contributed by atoms with E-state index in [2.05, 4.69) is 0 Å². The highest BCUT2D eigenvalue weighted by Crippen LogP contribution is 2.05. The topological polar surface area (TPSA) is 97.5 Å². The van der Waals surface area contributed by atoms with Crippen LogP contribution in [-0.4, -0.2) is 25.1 Å². The first-order valence-electron chi connectivity index (χ1n) is 3.06. The molecule has 0 bridgehead atoms. The predicted molar refractivity (Wildman–Crippen MR) is 50.3 cm³/mol. The van der Waals surface area contributed by atoms with Gasteiger partial charge in [0.25, 0.3) is 16.0 Å². The summed E-state index contributed by atoms with van der Waals surface area (Å²) in [5, 5.41) is 1.82. The van der Waals surface area contributed by atoms with Crippen molar-refractivity contribution >= 4 is 27.4 Å². The van der Waals surface area contributed by atoms with Crippen molar-refractivity contribution in [1.82, 2.24) is 0 Å². The molecule has 0 saturated carbocycles. The molecule has 1 aromatic rings. The van der Waals surface area contributed by atoms with Crippen molar-refractivity contribution in [2.45, 2.75) is 0 Å². The highest BCUT2D eigenvalue weighted by atomic mass is 32.2. The zero-order valence-corrected chi connectivity index (χ0v) is 8.43. The Kier molecular flexibility index (Phi) is 4.60. The van der Waals surface area contributed by atoms with E-state index in [1.807, 2.05) is 5.38 Å². The van der Waals surface area contributed by atoms with Crippen LogP contribution in [0.1, 0.15) is 9.67 Å². The van der Waals surface area contributed by atoms with Crippen LogP contribution in [0.3, 0.4) is 0 Å². The summed E-state index contributed by atoms with van der Waals surface area (Å²) in [5.41, 5.74) is 4.93. The predicted octanol–water partition coefficient (Wildman–Crippen LogP) is 0.351. The van der Waals surface area contributed by atoms with Crippen LogP contribution in [0.5, 0.6) is 0 Å². The lowest BCUT2D eigenvalue weighted by atomic mass is 10.5. The molecule has 1 heterocycles. The van der Waals surface area contributed by atoms with E-state index < -0.39 is 10.1 Å². The molecule has 0 aliphatic heterocycles. The van der Waals surface area contributed by atoms with Crippen LogP contribution in [0.15, 0.2) is 17.5 Å². The second-order valence-corrected chi connectivity index (χ2v) is 4.49. The molecular formula is C6H9NO4S2. The van der Waals surface area contributed by atoms with Gasteiger partial charge in [0, 0.05) is 0 Å². The van der Waals surface area contributed by atoms with E-state index in [1.54, 1.807) is 12.1 Å². The summed E-state index contributed by atoms with van der Waals surface area (Å²) in [6, 6.07) is 3.50. The molecule has 0 aromatic carbocycles. The molecule has 0 aliphatic rings. The van der Waals surface area contributed by atoms with E-state index in [1.165, 1.54) is 11.3 Å². The molecule has 74 valence electrons. The van der Waals surface area contributed by atoms with Gasteiger partial charge in [-0.15, -0.1) is 11.3 Å². The van der Waals surface area contributed by atoms with E-state index in [4.69, 9.17) is 10.3 Å². The molecule has 3 N–H and O–H groups in total. The summed E-state index contributed by atoms with van der Waals surface area (Å²) in [4.78, 5) is 10.9.